The van der Waals surface area contributed by atoms with Gasteiger partial charge in [0.05, 0.1) is 24.1 Å². The molecule has 0 spiro atoms. The lowest BCUT2D eigenvalue weighted by molar-refractivity contribution is 0.323. The second-order valence-electron chi connectivity index (χ2n) is 4.69. The lowest BCUT2D eigenvalue weighted by Gasteiger charge is -2.12. The van der Waals surface area contributed by atoms with E-state index in [1.54, 1.807) is 24.3 Å². The first kappa shape index (κ1) is 18.4. The quantitative estimate of drug-likeness (QED) is 0.722. The van der Waals surface area contributed by atoms with Crippen molar-refractivity contribution in [3.8, 4) is 17.2 Å². The van der Waals surface area contributed by atoms with Gasteiger partial charge in [0.25, 0.3) is 0 Å². The Kier molecular flexibility index (Phi) is 6.30. The summed E-state index contributed by atoms with van der Waals surface area (Å²) in [5.41, 5.74) is 0. The minimum absolute atomic E-state index is 0.0814. The minimum atomic E-state index is -3.68. The first-order chi connectivity index (χ1) is 11.5. The zero-order valence-electron chi connectivity index (χ0n) is 13.3. The van der Waals surface area contributed by atoms with Gasteiger partial charge in [-0.25, -0.2) is 13.1 Å². The van der Waals surface area contributed by atoms with E-state index in [2.05, 4.69) is 4.72 Å². The molecule has 0 aliphatic rings. The summed E-state index contributed by atoms with van der Waals surface area (Å²) in [6, 6.07) is 11.4. The molecule has 0 fully saturated rings. The second-order valence-corrected chi connectivity index (χ2v) is 6.87. The average molecular weight is 372 g/mol. The lowest BCUT2D eigenvalue weighted by atomic mass is 10.3. The van der Waals surface area contributed by atoms with Gasteiger partial charge in [-0.05, 0) is 24.3 Å². The Bertz CT molecular complexity index is 795. The van der Waals surface area contributed by atoms with E-state index >= 15 is 0 Å². The first-order valence-electron chi connectivity index (χ1n) is 7.07. The summed E-state index contributed by atoms with van der Waals surface area (Å²) in [5, 5.41) is 0.472. The fraction of sp³-hybridized carbons (Fsp3) is 0.250. The molecule has 2 aromatic rings. The Balaban J connectivity index is 1.97. The van der Waals surface area contributed by atoms with Crippen LogP contribution in [0.25, 0.3) is 0 Å². The largest absolute Gasteiger partial charge is 0.493 e. The van der Waals surface area contributed by atoms with Crippen LogP contribution in [0.5, 0.6) is 17.2 Å². The molecule has 0 aliphatic carbocycles. The molecule has 6 nitrogen and oxygen atoms in total. The average Bonchev–Trinajstić information content (AvgIpc) is 2.59. The van der Waals surface area contributed by atoms with Crippen LogP contribution in [0, 0.1) is 0 Å². The molecule has 0 radical (unpaired) electrons. The zero-order chi connectivity index (χ0) is 17.6. The topological polar surface area (TPSA) is 73.9 Å². The molecule has 0 aromatic heterocycles. The Morgan fingerprint density at radius 1 is 1.00 bits per heavy atom. The molecule has 0 saturated heterocycles. The van der Waals surface area contributed by atoms with Crippen molar-refractivity contribution in [2.75, 3.05) is 27.4 Å². The van der Waals surface area contributed by atoms with Crippen molar-refractivity contribution in [3.05, 3.63) is 47.5 Å². The van der Waals surface area contributed by atoms with Crippen LogP contribution in [-0.4, -0.2) is 35.8 Å². The lowest BCUT2D eigenvalue weighted by Crippen LogP contribution is -2.28. The van der Waals surface area contributed by atoms with Crippen molar-refractivity contribution in [3.63, 3.8) is 0 Å². The predicted molar refractivity (Wildman–Crippen MR) is 91.7 cm³/mol. The molecule has 2 rings (SSSR count). The number of hydrogen-bond donors (Lipinski definition) is 1. The Morgan fingerprint density at radius 2 is 1.71 bits per heavy atom. The zero-order valence-corrected chi connectivity index (χ0v) is 14.9. The first-order valence-corrected chi connectivity index (χ1v) is 8.93. The van der Waals surface area contributed by atoms with E-state index in [9.17, 15) is 8.42 Å². The standard InChI is InChI=1S/C16H18ClNO5S/c1-21-15-8-7-12(11-16(15)22-2)24(19,20)18-9-10-23-14-6-4-3-5-13(14)17/h3-8,11,18H,9-10H2,1-2H3. The second kappa shape index (κ2) is 8.23. The van der Waals surface area contributed by atoms with Crippen LogP contribution in [0.2, 0.25) is 5.02 Å². The van der Waals surface area contributed by atoms with E-state index in [0.29, 0.717) is 22.3 Å². The molecule has 24 heavy (non-hydrogen) atoms. The van der Waals surface area contributed by atoms with Crippen LogP contribution in [0.4, 0.5) is 0 Å². The van der Waals surface area contributed by atoms with Gasteiger partial charge in [-0.3, -0.25) is 0 Å². The molecule has 0 bridgehead atoms. The monoisotopic (exact) mass is 371 g/mol. The summed E-state index contributed by atoms with van der Waals surface area (Å²) in [6.45, 7) is 0.248. The van der Waals surface area contributed by atoms with Crippen LogP contribution in [0.3, 0.4) is 0 Å². The van der Waals surface area contributed by atoms with Gasteiger partial charge in [-0.15, -0.1) is 0 Å². The van der Waals surface area contributed by atoms with Crippen LogP contribution in [0.15, 0.2) is 47.4 Å². The van der Waals surface area contributed by atoms with E-state index in [4.69, 9.17) is 25.8 Å². The normalized spacial score (nSPS) is 11.1. The van der Waals surface area contributed by atoms with Crippen LogP contribution in [-0.2, 0) is 10.0 Å². The van der Waals surface area contributed by atoms with Gasteiger partial charge < -0.3 is 14.2 Å². The van der Waals surface area contributed by atoms with Gasteiger partial charge in [-0.1, -0.05) is 23.7 Å². The van der Waals surface area contributed by atoms with Crippen molar-refractivity contribution < 1.29 is 22.6 Å². The molecule has 1 N–H and O–H groups in total. The summed E-state index contributed by atoms with van der Waals surface area (Å²) in [4.78, 5) is 0.0814. The highest BCUT2D eigenvalue weighted by atomic mass is 35.5. The van der Waals surface area contributed by atoms with Crippen LogP contribution in [0.1, 0.15) is 0 Å². The van der Waals surface area contributed by atoms with E-state index < -0.39 is 10.0 Å². The number of methoxy groups -OCH3 is 2. The van der Waals surface area contributed by atoms with E-state index in [1.807, 2.05) is 0 Å². The number of hydrogen-bond acceptors (Lipinski definition) is 5. The summed E-state index contributed by atoms with van der Waals surface area (Å²) < 4.78 is 42.7. The SMILES string of the molecule is COc1ccc(S(=O)(=O)NCCOc2ccccc2Cl)cc1OC. The smallest absolute Gasteiger partial charge is 0.240 e. The van der Waals surface area contributed by atoms with E-state index in [0.717, 1.165) is 0 Å². The molecule has 8 heteroatoms. The van der Waals surface area contributed by atoms with Gasteiger partial charge in [0.1, 0.15) is 12.4 Å². The molecule has 0 unspecified atom stereocenters. The van der Waals surface area contributed by atoms with Crippen molar-refractivity contribution >= 4 is 21.6 Å². The van der Waals surface area contributed by atoms with Gasteiger partial charge in [-0.2, -0.15) is 0 Å². The molecular weight excluding hydrogens is 354 g/mol. The summed E-state index contributed by atoms with van der Waals surface area (Å²) in [7, 11) is -0.755. The molecule has 0 heterocycles. The number of ether oxygens (including phenoxy) is 3. The predicted octanol–water partition coefficient (Wildman–Crippen LogP) is 2.71. The van der Waals surface area contributed by atoms with Crippen molar-refractivity contribution in [1.29, 1.82) is 0 Å². The fourth-order valence-corrected chi connectivity index (χ4v) is 3.18. The molecule has 0 amide bonds. The van der Waals surface area contributed by atoms with Crippen LogP contribution < -0.4 is 18.9 Å². The van der Waals surface area contributed by atoms with Crippen LogP contribution >= 0.6 is 11.6 Å². The van der Waals surface area contributed by atoms with Crippen molar-refractivity contribution in [2.24, 2.45) is 0 Å². The maximum absolute atomic E-state index is 12.3. The molecule has 0 saturated carbocycles. The van der Waals surface area contributed by atoms with Gasteiger partial charge >= 0.3 is 0 Å². The third kappa shape index (κ3) is 4.53. The number of para-hydroxylation sites is 1. The number of sulfonamides is 1. The summed E-state index contributed by atoms with van der Waals surface area (Å²) >= 11 is 5.96. The number of nitrogens with one attached hydrogen (secondary N) is 1. The highest BCUT2D eigenvalue weighted by Gasteiger charge is 2.16. The Morgan fingerprint density at radius 3 is 2.38 bits per heavy atom. The third-order valence-corrected chi connectivity index (χ3v) is 4.92. The van der Waals surface area contributed by atoms with E-state index in [1.165, 1.54) is 32.4 Å². The van der Waals surface area contributed by atoms with Gasteiger partial charge in [0.15, 0.2) is 11.5 Å². The van der Waals surface area contributed by atoms with Gasteiger partial charge in [0.2, 0.25) is 10.0 Å². The molecule has 0 atom stereocenters. The summed E-state index contributed by atoms with van der Waals surface area (Å²) in [6.07, 6.45) is 0. The highest BCUT2D eigenvalue weighted by Crippen LogP contribution is 2.29. The fourth-order valence-electron chi connectivity index (χ4n) is 1.97. The van der Waals surface area contributed by atoms with Gasteiger partial charge in [0, 0.05) is 12.6 Å². The Labute approximate surface area is 146 Å². The highest BCUT2D eigenvalue weighted by molar-refractivity contribution is 7.89. The number of benzene rings is 2. The number of rotatable bonds is 8. The van der Waals surface area contributed by atoms with Crippen molar-refractivity contribution in [1.82, 2.24) is 4.72 Å². The maximum atomic E-state index is 12.3. The number of halogens is 1. The Hall–Kier alpha value is -1.96. The molecule has 2 aromatic carbocycles. The summed E-state index contributed by atoms with van der Waals surface area (Å²) in [5.74, 6) is 1.30. The van der Waals surface area contributed by atoms with Crippen molar-refractivity contribution in [2.45, 2.75) is 4.90 Å². The molecule has 0 aliphatic heterocycles. The maximum Gasteiger partial charge on any atom is 0.240 e. The molecule has 130 valence electrons. The third-order valence-electron chi connectivity index (χ3n) is 3.15. The molecular formula is C16H18ClNO5S. The van der Waals surface area contributed by atoms with E-state index in [-0.39, 0.29) is 18.0 Å². The minimum Gasteiger partial charge on any atom is -0.493 e.